The number of aryl methyl sites for hydroxylation is 2. The quantitative estimate of drug-likeness (QED) is 0.577. The van der Waals surface area contributed by atoms with Crippen molar-refractivity contribution < 1.29 is 10.0 Å². The van der Waals surface area contributed by atoms with Gasteiger partial charge in [0.25, 0.3) is 5.91 Å². The fraction of sp³-hybridized carbons (Fsp3) is 0.417. The van der Waals surface area contributed by atoms with E-state index in [1.54, 1.807) is 5.48 Å². The maximum atomic E-state index is 11.5. The van der Waals surface area contributed by atoms with Gasteiger partial charge in [-0.1, -0.05) is 13.0 Å². The Kier molecular flexibility index (Phi) is 3.48. The highest BCUT2D eigenvalue weighted by molar-refractivity contribution is 5.96. The molecule has 1 aromatic carbocycles. The Labute approximate surface area is 90.1 Å². The van der Waals surface area contributed by atoms with Gasteiger partial charge in [-0.3, -0.25) is 10.0 Å². The molecule has 0 saturated heterocycles. The summed E-state index contributed by atoms with van der Waals surface area (Å²) in [6, 6.07) is 1.98. The smallest absolute Gasteiger partial charge is 0.275 e. The highest BCUT2D eigenvalue weighted by Crippen LogP contribution is 2.22. The summed E-state index contributed by atoms with van der Waals surface area (Å²) >= 11 is 0. The van der Waals surface area contributed by atoms with Gasteiger partial charge in [0, 0.05) is 5.56 Å². The van der Waals surface area contributed by atoms with Gasteiger partial charge in [-0.2, -0.15) is 0 Å². The van der Waals surface area contributed by atoms with E-state index in [1.807, 2.05) is 26.8 Å². The molecule has 0 fully saturated rings. The summed E-state index contributed by atoms with van der Waals surface area (Å²) in [7, 11) is 0. The zero-order chi connectivity index (χ0) is 11.6. The molecule has 0 saturated carbocycles. The number of benzene rings is 1. The number of carbonyl (C=O) groups is 1. The SMILES string of the molecule is CCc1c(C)cc(C)c(C(=O)NO)c1C. The van der Waals surface area contributed by atoms with E-state index in [4.69, 9.17) is 5.21 Å². The number of hydrogen-bond acceptors (Lipinski definition) is 2. The van der Waals surface area contributed by atoms with Crippen LogP contribution in [-0.4, -0.2) is 11.1 Å². The van der Waals surface area contributed by atoms with Crippen molar-refractivity contribution >= 4 is 5.91 Å². The molecule has 3 heteroatoms. The average Bonchev–Trinajstić information content (AvgIpc) is 2.17. The second-order valence-corrected chi connectivity index (χ2v) is 3.78. The zero-order valence-corrected chi connectivity index (χ0v) is 9.64. The van der Waals surface area contributed by atoms with Crippen molar-refractivity contribution in [3.05, 3.63) is 33.9 Å². The molecular weight excluding hydrogens is 190 g/mol. The maximum absolute atomic E-state index is 11.5. The minimum absolute atomic E-state index is 0.431. The Balaban J connectivity index is 3.45. The van der Waals surface area contributed by atoms with E-state index in [2.05, 4.69) is 6.92 Å². The summed E-state index contributed by atoms with van der Waals surface area (Å²) in [6.45, 7) is 7.90. The normalized spacial score (nSPS) is 10.2. The maximum Gasteiger partial charge on any atom is 0.275 e. The lowest BCUT2D eigenvalue weighted by Crippen LogP contribution is -2.21. The lowest BCUT2D eigenvalue weighted by atomic mass is 9.92. The summed E-state index contributed by atoms with van der Waals surface area (Å²) < 4.78 is 0. The Hall–Kier alpha value is -1.35. The van der Waals surface area contributed by atoms with Gasteiger partial charge in [0.2, 0.25) is 0 Å². The number of nitrogens with one attached hydrogen (secondary N) is 1. The van der Waals surface area contributed by atoms with Crippen LogP contribution in [0.2, 0.25) is 0 Å². The van der Waals surface area contributed by atoms with Crippen LogP contribution < -0.4 is 5.48 Å². The van der Waals surface area contributed by atoms with Crippen LogP contribution in [0, 0.1) is 20.8 Å². The monoisotopic (exact) mass is 207 g/mol. The third kappa shape index (κ3) is 2.02. The van der Waals surface area contributed by atoms with Gasteiger partial charge >= 0.3 is 0 Å². The van der Waals surface area contributed by atoms with E-state index < -0.39 is 5.91 Å². The standard InChI is InChI=1S/C12H17NO2/c1-5-10-7(2)6-8(3)11(9(10)4)12(14)13-15/h6,15H,5H2,1-4H3,(H,13,14). The van der Waals surface area contributed by atoms with Crippen molar-refractivity contribution in [1.82, 2.24) is 5.48 Å². The van der Waals surface area contributed by atoms with Crippen molar-refractivity contribution in [3.63, 3.8) is 0 Å². The molecule has 0 heterocycles. The second kappa shape index (κ2) is 4.45. The van der Waals surface area contributed by atoms with Gasteiger partial charge < -0.3 is 0 Å². The Bertz CT molecular complexity index is 397. The fourth-order valence-corrected chi connectivity index (χ4v) is 2.18. The van der Waals surface area contributed by atoms with Gasteiger partial charge in [-0.25, -0.2) is 5.48 Å². The van der Waals surface area contributed by atoms with Gasteiger partial charge in [0.1, 0.15) is 0 Å². The summed E-state index contributed by atoms with van der Waals surface area (Å²) in [5.74, 6) is -0.431. The largest absolute Gasteiger partial charge is 0.288 e. The predicted molar refractivity (Wildman–Crippen MR) is 59.3 cm³/mol. The van der Waals surface area contributed by atoms with Gasteiger partial charge in [0.15, 0.2) is 0 Å². The Morgan fingerprint density at radius 2 is 1.93 bits per heavy atom. The van der Waals surface area contributed by atoms with Crippen molar-refractivity contribution in [1.29, 1.82) is 0 Å². The molecule has 3 nitrogen and oxygen atoms in total. The van der Waals surface area contributed by atoms with Crippen molar-refractivity contribution in [2.75, 3.05) is 0 Å². The van der Waals surface area contributed by atoms with Crippen molar-refractivity contribution in [3.8, 4) is 0 Å². The third-order valence-corrected chi connectivity index (χ3v) is 2.81. The zero-order valence-electron chi connectivity index (χ0n) is 9.64. The Morgan fingerprint density at radius 1 is 1.33 bits per heavy atom. The number of hydroxylamine groups is 1. The molecule has 0 atom stereocenters. The number of carbonyl (C=O) groups excluding carboxylic acids is 1. The van der Waals surface area contributed by atoms with Gasteiger partial charge in [0.05, 0.1) is 0 Å². The molecule has 0 aliphatic rings. The molecule has 0 radical (unpaired) electrons. The highest BCUT2D eigenvalue weighted by Gasteiger charge is 2.15. The van der Waals surface area contributed by atoms with E-state index >= 15 is 0 Å². The number of amides is 1. The van der Waals surface area contributed by atoms with E-state index in [-0.39, 0.29) is 0 Å². The summed E-state index contributed by atoms with van der Waals surface area (Å²) in [5.41, 5.74) is 6.51. The van der Waals surface area contributed by atoms with E-state index in [9.17, 15) is 4.79 Å². The first kappa shape index (κ1) is 11.7. The minimum atomic E-state index is -0.431. The van der Waals surface area contributed by atoms with E-state index in [0.29, 0.717) is 5.56 Å². The fourth-order valence-electron chi connectivity index (χ4n) is 2.18. The molecule has 15 heavy (non-hydrogen) atoms. The van der Waals surface area contributed by atoms with Crippen molar-refractivity contribution in [2.45, 2.75) is 34.1 Å². The summed E-state index contributed by atoms with van der Waals surface area (Å²) in [6.07, 6.45) is 0.893. The van der Waals surface area contributed by atoms with Crippen LogP contribution in [0.5, 0.6) is 0 Å². The lowest BCUT2D eigenvalue weighted by Gasteiger charge is -2.14. The summed E-state index contributed by atoms with van der Waals surface area (Å²) in [4.78, 5) is 11.5. The first-order valence-electron chi connectivity index (χ1n) is 5.07. The molecule has 0 aliphatic carbocycles. The minimum Gasteiger partial charge on any atom is -0.288 e. The first-order valence-corrected chi connectivity index (χ1v) is 5.07. The second-order valence-electron chi connectivity index (χ2n) is 3.78. The van der Waals surface area contributed by atoms with Crippen LogP contribution in [-0.2, 0) is 6.42 Å². The molecule has 1 rings (SSSR count). The molecule has 2 N–H and O–H groups in total. The van der Waals surface area contributed by atoms with Gasteiger partial charge in [-0.15, -0.1) is 0 Å². The molecule has 1 aromatic rings. The first-order chi connectivity index (χ1) is 7.02. The molecule has 0 unspecified atom stereocenters. The van der Waals surface area contributed by atoms with Crippen LogP contribution in [0.15, 0.2) is 6.07 Å². The van der Waals surface area contributed by atoms with Crippen LogP contribution in [0.25, 0.3) is 0 Å². The lowest BCUT2D eigenvalue weighted by molar-refractivity contribution is 0.0705. The van der Waals surface area contributed by atoms with Crippen molar-refractivity contribution in [2.24, 2.45) is 0 Å². The molecular formula is C12H17NO2. The molecule has 1 amide bonds. The predicted octanol–water partition coefficient (Wildman–Crippen LogP) is 2.29. The molecule has 82 valence electrons. The van der Waals surface area contributed by atoms with Crippen LogP contribution in [0.3, 0.4) is 0 Å². The molecule has 0 aromatic heterocycles. The van der Waals surface area contributed by atoms with E-state index in [0.717, 1.165) is 17.5 Å². The number of hydrogen-bond donors (Lipinski definition) is 2. The van der Waals surface area contributed by atoms with Crippen LogP contribution in [0.1, 0.15) is 39.5 Å². The average molecular weight is 207 g/mol. The molecule has 0 aliphatic heterocycles. The molecule has 0 bridgehead atoms. The topological polar surface area (TPSA) is 49.3 Å². The van der Waals surface area contributed by atoms with E-state index in [1.165, 1.54) is 11.1 Å². The van der Waals surface area contributed by atoms with Crippen LogP contribution >= 0.6 is 0 Å². The summed E-state index contributed by atoms with van der Waals surface area (Å²) in [5, 5.41) is 8.67. The molecule has 0 spiro atoms. The highest BCUT2D eigenvalue weighted by atomic mass is 16.5. The third-order valence-electron chi connectivity index (χ3n) is 2.81. The van der Waals surface area contributed by atoms with Crippen LogP contribution in [0.4, 0.5) is 0 Å². The Morgan fingerprint density at radius 3 is 2.40 bits per heavy atom. The number of rotatable bonds is 2. The van der Waals surface area contributed by atoms with Gasteiger partial charge in [-0.05, 0) is 49.4 Å².